The number of rotatable bonds is 5. The number of ether oxygens (including phenoxy) is 2. The zero-order chi connectivity index (χ0) is 17.7. The lowest BCUT2D eigenvalue weighted by Gasteiger charge is -2.58. The van der Waals surface area contributed by atoms with Gasteiger partial charge in [-0.05, 0) is 57.3 Å². The summed E-state index contributed by atoms with van der Waals surface area (Å²) in [5.74, 6) is 0.772. The van der Waals surface area contributed by atoms with E-state index in [0.717, 1.165) is 19.3 Å². The molecule has 4 saturated carbocycles. The highest BCUT2D eigenvalue weighted by Crippen LogP contribution is 2.64. The van der Waals surface area contributed by atoms with Crippen LogP contribution in [0.2, 0.25) is 0 Å². The molecule has 2 atom stereocenters. The molecule has 1 heterocycles. The third-order valence-electron chi connectivity index (χ3n) is 5.78. The molecule has 0 N–H and O–H groups in total. The molecule has 4 aliphatic rings. The molecule has 0 aliphatic heterocycles. The summed E-state index contributed by atoms with van der Waals surface area (Å²) in [7, 11) is 0. The number of hydrogen-bond donors (Lipinski definition) is 0. The van der Waals surface area contributed by atoms with E-state index in [-0.39, 0.29) is 22.3 Å². The van der Waals surface area contributed by atoms with Crippen molar-refractivity contribution in [2.45, 2.75) is 56.4 Å². The van der Waals surface area contributed by atoms with Crippen LogP contribution >= 0.6 is 27.3 Å². The van der Waals surface area contributed by atoms with Crippen LogP contribution in [0, 0.1) is 17.3 Å². The molecule has 2 unspecified atom stereocenters. The van der Waals surface area contributed by atoms with E-state index in [2.05, 4.69) is 20.9 Å². The van der Waals surface area contributed by atoms with Crippen molar-refractivity contribution in [3.63, 3.8) is 0 Å². The lowest BCUT2D eigenvalue weighted by molar-refractivity contribution is -0.171. The number of alkyl halides is 1. The van der Waals surface area contributed by atoms with Gasteiger partial charge in [-0.25, -0.2) is 9.78 Å². The SMILES string of the molecule is CCOC(=O)c1nc(COC(=O)C23CC4CC(CC(Br)(C4)C2)C3)cs1. The van der Waals surface area contributed by atoms with Crippen molar-refractivity contribution in [1.29, 1.82) is 0 Å². The van der Waals surface area contributed by atoms with E-state index >= 15 is 0 Å². The number of thiazole rings is 1. The van der Waals surface area contributed by atoms with Crippen LogP contribution in [-0.4, -0.2) is 27.9 Å². The molecule has 136 valence electrons. The Hall–Kier alpha value is -0.950. The molecule has 0 spiro atoms. The molecule has 25 heavy (non-hydrogen) atoms. The summed E-state index contributed by atoms with van der Waals surface area (Å²) in [6.07, 6.45) is 6.44. The third kappa shape index (κ3) is 3.25. The highest BCUT2D eigenvalue weighted by atomic mass is 79.9. The van der Waals surface area contributed by atoms with Crippen LogP contribution in [0.15, 0.2) is 5.38 Å². The fourth-order valence-corrected chi connectivity index (χ4v) is 7.49. The smallest absolute Gasteiger partial charge is 0.367 e. The molecule has 1 aromatic rings. The first-order valence-electron chi connectivity index (χ1n) is 8.89. The summed E-state index contributed by atoms with van der Waals surface area (Å²) in [5, 5.41) is 2.06. The van der Waals surface area contributed by atoms with Crippen LogP contribution in [-0.2, 0) is 20.9 Å². The minimum absolute atomic E-state index is 0.0869. The summed E-state index contributed by atoms with van der Waals surface area (Å²) >= 11 is 5.14. The van der Waals surface area contributed by atoms with E-state index in [1.165, 1.54) is 30.6 Å². The average molecular weight is 428 g/mol. The van der Waals surface area contributed by atoms with E-state index in [0.29, 0.717) is 29.1 Å². The maximum Gasteiger partial charge on any atom is 0.367 e. The Balaban J connectivity index is 1.40. The Bertz CT molecular complexity index is 689. The number of carbonyl (C=O) groups is 2. The van der Waals surface area contributed by atoms with Crippen molar-refractivity contribution in [3.8, 4) is 0 Å². The fourth-order valence-electron chi connectivity index (χ4n) is 5.34. The number of nitrogens with zero attached hydrogens (tertiary/aromatic N) is 1. The van der Waals surface area contributed by atoms with Gasteiger partial charge in [-0.1, -0.05) is 15.9 Å². The summed E-state index contributed by atoms with van der Waals surface area (Å²) < 4.78 is 10.7. The van der Waals surface area contributed by atoms with Crippen LogP contribution in [0.3, 0.4) is 0 Å². The summed E-state index contributed by atoms with van der Waals surface area (Å²) in [4.78, 5) is 28.8. The second-order valence-corrected chi connectivity index (χ2v) is 10.4. The number of esters is 2. The maximum atomic E-state index is 12.9. The van der Waals surface area contributed by atoms with Gasteiger partial charge >= 0.3 is 11.9 Å². The molecule has 1 aromatic heterocycles. The number of halogens is 1. The van der Waals surface area contributed by atoms with Crippen molar-refractivity contribution in [3.05, 3.63) is 16.1 Å². The van der Waals surface area contributed by atoms with Crippen molar-refractivity contribution in [1.82, 2.24) is 4.98 Å². The van der Waals surface area contributed by atoms with Gasteiger partial charge in [0.15, 0.2) is 0 Å². The van der Waals surface area contributed by atoms with Gasteiger partial charge in [-0.15, -0.1) is 11.3 Å². The Morgan fingerprint density at radius 1 is 1.28 bits per heavy atom. The molecule has 4 aliphatic carbocycles. The molecule has 4 fully saturated rings. The van der Waals surface area contributed by atoms with Gasteiger partial charge in [0, 0.05) is 9.70 Å². The lowest BCUT2D eigenvalue weighted by atomic mass is 9.49. The van der Waals surface area contributed by atoms with Crippen LogP contribution in [0.1, 0.15) is 60.9 Å². The molecule has 7 heteroatoms. The summed E-state index contributed by atoms with van der Waals surface area (Å²) in [6, 6.07) is 0. The molecular weight excluding hydrogens is 406 g/mol. The van der Waals surface area contributed by atoms with Crippen molar-refractivity contribution in [2.24, 2.45) is 17.3 Å². The Kier molecular flexibility index (Phi) is 4.43. The van der Waals surface area contributed by atoms with Gasteiger partial charge in [0.25, 0.3) is 0 Å². The molecule has 0 aromatic carbocycles. The predicted octanol–water partition coefficient (Wildman–Crippen LogP) is 4.10. The third-order valence-corrected chi connectivity index (χ3v) is 7.57. The van der Waals surface area contributed by atoms with Crippen LogP contribution < -0.4 is 0 Å². The highest BCUT2D eigenvalue weighted by Gasteiger charge is 2.60. The highest BCUT2D eigenvalue weighted by molar-refractivity contribution is 9.10. The largest absolute Gasteiger partial charge is 0.461 e. The van der Waals surface area contributed by atoms with Gasteiger partial charge in [0.05, 0.1) is 17.7 Å². The van der Waals surface area contributed by atoms with E-state index in [1.54, 1.807) is 12.3 Å². The number of hydrogen-bond acceptors (Lipinski definition) is 6. The molecule has 5 nitrogen and oxygen atoms in total. The fraction of sp³-hybridized carbons (Fsp3) is 0.722. The van der Waals surface area contributed by atoms with E-state index in [9.17, 15) is 9.59 Å². The molecule has 4 bridgehead atoms. The second kappa shape index (κ2) is 6.34. The minimum atomic E-state index is -0.424. The van der Waals surface area contributed by atoms with Crippen LogP contribution in [0.25, 0.3) is 0 Å². The lowest BCUT2D eigenvalue weighted by Crippen LogP contribution is -2.56. The molecule has 0 amide bonds. The maximum absolute atomic E-state index is 12.9. The van der Waals surface area contributed by atoms with Crippen molar-refractivity contribution < 1.29 is 19.1 Å². The Labute approximate surface area is 159 Å². The number of aromatic nitrogens is 1. The van der Waals surface area contributed by atoms with Gasteiger partial charge in [-0.2, -0.15) is 0 Å². The Morgan fingerprint density at radius 2 is 2.00 bits per heavy atom. The van der Waals surface area contributed by atoms with Crippen molar-refractivity contribution >= 4 is 39.2 Å². The zero-order valence-electron chi connectivity index (χ0n) is 14.3. The second-order valence-electron chi connectivity index (χ2n) is 7.83. The van der Waals surface area contributed by atoms with Gasteiger partial charge in [0.1, 0.15) is 6.61 Å². The predicted molar refractivity (Wildman–Crippen MR) is 96.6 cm³/mol. The topological polar surface area (TPSA) is 65.5 Å². The van der Waals surface area contributed by atoms with Crippen LogP contribution in [0.4, 0.5) is 0 Å². The summed E-state index contributed by atoms with van der Waals surface area (Å²) in [5.41, 5.74) is 0.285. The van der Waals surface area contributed by atoms with E-state index in [1.807, 2.05) is 0 Å². The first-order chi connectivity index (χ1) is 11.9. The summed E-state index contributed by atoms with van der Waals surface area (Å²) in [6.45, 7) is 2.21. The minimum Gasteiger partial charge on any atom is -0.461 e. The Morgan fingerprint density at radius 3 is 2.64 bits per heavy atom. The van der Waals surface area contributed by atoms with Gasteiger partial charge in [-0.3, -0.25) is 4.79 Å². The quantitative estimate of drug-likeness (QED) is 0.522. The van der Waals surface area contributed by atoms with Gasteiger partial charge in [0.2, 0.25) is 5.01 Å². The molecule has 5 rings (SSSR count). The number of carbonyl (C=O) groups excluding carboxylic acids is 2. The normalized spacial score (nSPS) is 35.6. The zero-order valence-corrected chi connectivity index (χ0v) is 16.7. The standard InChI is InChI=1S/C18H22BrNO4S/c1-2-23-15(21)14-20-13(9-25-14)8-24-16(22)17-4-11-3-12(5-17)7-18(19,6-11)10-17/h9,11-12H,2-8,10H2,1H3. The van der Waals surface area contributed by atoms with E-state index < -0.39 is 5.97 Å². The average Bonchev–Trinajstić information content (AvgIpc) is 2.99. The first-order valence-corrected chi connectivity index (χ1v) is 10.6. The monoisotopic (exact) mass is 427 g/mol. The molecule has 0 radical (unpaired) electrons. The van der Waals surface area contributed by atoms with Crippen LogP contribution in [0.5, 0.6) is 0 Å². The van der Waals surface area contributed by atoms with E-state index in [4.69, 9.17) is 9.47 Å². The molecule has 0 saturated heterocycles. The van der Waals surface area contributed by atoms with Gasteiger partial charge < -0.3 is 9.47 Å². The first kappa shape index (κ1) is 17.5. The molecular formula is C18H22BrNO4S. The van der Waals surface area contributed by atoms with Crippen molar-refractivity contribution in [2.75, 3.05) is 6.61 Å².